The number of aryl methyl sites for hydroxylation is 1. The summed E-state index contributed by atoms with van der Waals surface area (Å²) in [5, 5.41) is 8.44. The lowest BCUT2D eigenvalue weighted by Crippen LogP contribution is -2.23. The van der Waals surface area contributed by atoms with Crippen LogP contribution in [0.2, 0.25) is 0 Å². The first-order valence-electron chi connectivity index (χ1n) is 9.31. The Hall–Kier alpha value is -3.57. The van der Waals surface area contributed by atoms with Crippen molar-refractivity contribution in [1.82, 2.24) is 14.6 Å². The van der Waals surface area contributed by atoms with Gasteiger partial charge in [-0.1, -0.05) is 89.7 Å². The van der Waals surface area contributed by atoms with Crippen molar-refractivity contribution in [2.45, 2.75) is 6.92 Å². The van der Waals surface area contributed by atoms with E-state index in [1.54, 1.807) is 4.40 Å². The van der Waals surface area contributed by atoms with E-state index >= 15 is 0 Å². The summed E-state index contributed by atoms with van der Waals surface area (Å²) in [5.41, 5.74) is 5.23. The molecule has 4 nitrogen and oxygen atoms in total. The average molecular weight is 395 g/mol. The molecule has 0 aliphatic carbocycles. The van der Waals surface area contributed by atoms with Crippen LogP contribution in [-0.2, 0) is 0 Å². The molecule has 0 unspecified atom stereocenters. The number of aromatic nitrogens is 3. The average Bonchev–Trinajstić information content (AvgIpc) is 3.30. The van der Waals surface area contributed by atoms with Crippen LogP contribution in [0.25, 0.3) is 33.6 Å². The maximum absolute atomic E-state index is 13.0. The maximum Gasteiger partial charge on any atom is 0.276 e. The topological polar surface area (TPSA) is 47.3 Å². The van der Waals surface area contributed by atoms with Gasteiger partial charge in [0.25, 0.3) is 5.56 Å². The molecule has 0 saturated carbocycles. The molecule has 0 aliphatic rings. The van der Waals surface area contributed by atoms with E-state index in [4.69, 9.17) is 0 Å². The number of fused-ring (bicyclic) bond motifs is 1. The van der Waals surface area contributed by atoms with Crippen LogP contribution < -0.4 is 10.1 Å². The van der Waals surface area contributed by atoms with Crippen molar-refractivity contribution in [1.29, 1.82) is 0 Å². The summed E-state index contributed by atoms with van der Waals surface area (Å²) in [6.45, 7) is 2.02. The molecule has 2 heterocycles. The Labute approximate surface area is 171 Å². The molecule has 0 spiro atoms. The Morgan fingerprint density at radius 1 is 0.828 bits per heavy atom. The van der Waals surface area contributed by atoms with Crippen molar-refractivity contribution in [2.75, 3.05) is 0 Å². The lowest BCUT2D eigenvalue weighted by molar-refractivity contribution is 1.09. The molecule has 0 radical (unpaired) electrons. The minimum absolute atomic E-state index is 0.0846. The third-order valence-electron chi connectivity index (χ3n) is 4.84. The molecule has 5 rings (SSSR count). The summed E-state index contributed by atoms with van der Waals surface area (Å²) in [4.78, 5) is 13.6. The van der Waals surface area contributed by atoms with E-state index in [-0.39, 0.29) is 5.56 Å². The quantitative estimate of drug-likeness (QED) is 0.457. The van der Waals surface area contributed by atoms with Crippen LogP contribution in [0, 0.1) is 6.92 Å². The molecule has 5 aromatic rings. The van der Waals surface area contributed by atoms with E-state index in [9.17, 15) is 4.79 Å². The predicted octanol–water partition coefficient (Wildman–Crippen LogP) is 4.34. The molecule has 3 aromatic carbocycles. The fraction of sp³-hybridized carbons (Fsp3) is 0.0417. The highest BCUT2D eigenvalue weighted by Gasteiger charge is 2.14. The van der Waals surface area contributed by atoms with Gasteiger partial charge >= 0.3 is 0 Å². The summed E-state index contributed by atoms with van der Waals surface area (Å²) >= 11 is 1.36. The molecule has 140 valence electrons. The molecule has 0 N–H and O–H groups in total. The third-order valence-corrected chi connectivity index (χ3v) is 5.80. The summed E-state index contributed by atoms with van der Waals surface area (Å²) in [5.74, 6) is 0.587. The van der Waals surface area contributed by atoms with Gasteiger partial charge in [0.2, 0.25) is 4.96 Å². The van der Waals surface area contributed by atoms with Gasteiger partial charge in [0, 0.05) is 5.56 Å². The second kappa shape index (κ2) is 7.11. The van der Waals surface area contributed by atoms with Crippen LogP contribution in [0.5, 0.6) is 0 Å². The van der Waals surface area contributed by atoms with Gasteiger partial charge < -0.3 is 0 Å². The minimum Gasteiger partial charge on any atom is -0.267 e. The zero-order valence-electron chi connectivity index (χ0n) is 15.7. The molecule has 0 atom stereocenters. The summed E-state index contributed by atoms with van der Waals surface area (Å²) < 4.78 is 2.25. The van der Waals surface area contributed by atoms with Gasteiger partial charge in [-0.15, -0.1) is 10.2 Å². The molecule has 29 heavy (non-hydrogen) atoms. The van der Waals surface area contributed by atoms with Gasteiger partial charge in [0.15, 0.2) is 5.82 Å². The normalized spacial score (nSPS) is 12.0. The molecular weight excluding hydrogens is 378 g/mol. The lowest BCUT2D eigenvalue weighted by atomic mass is 10.0. The first kappa shape index (κ1) is 17.5. The maximum atomic E-state index is 13.0. The van der Waals surface area contributed by atoms with Crippen LogP contribution in [0.4, 0.5) is 0 Å². The van der Waals surface area contributed by atoms with Gasteiger partial charge in [-0.3, -0.25) is 4.79 Å². The molecule has 0 fully saturated rings. The molecule has 5 heteroatoms. The van der Waals surface area contributed by atoms with Crippen molar-refractivity contribution < 1.29 is 0 Å². The first-order valence-corrected chi connectivity index (χ1v) is 10.1. The molecule has 0 aliphatic heterocycles. The van der Waals surface area contributed by atoms with E-state index in [2.05, 4.69) is 34.5 Å². The minimum atomic E-state index is -0.0846. The summed E-state index contributed by atoms with van der Waals surface area (Å²) in [6, 6.07) is 26.4. The highest BCUT2D eigenvalue weighted by molar-refractivity contribution is 7.15. The molecular formula is C24H17N3OS. The van der Waals surface area contributed by atoms with E-state index in [1.165, 1.54) is 16.9 Å². The van der Waals surface area contributed by atoms with Crippen molar-refractivity contribution in [3.05, 3.63) is 105 Å². The van der Waals surface area contributed by atoms with Gasteiger partial charge in [0.1, 0.15) is 0 Å². The van der Waals surface area contributed by atoms with Gasteiger partial charge in [0.05, 0.1) is 4.53 Å². The molecule has 0 saturated heterocycles. The van der Waals surface area contributed by atoms with Crippen LogP contribution in [-0.4, -0.2) is 14.6 Å². The Kier molecular flexibility index (Phi) is 4.30. The summed E-state index contributed by atoms with van der Waals surface area (Å²) in [7, 11) is 0. The number of thiazole rings is 1. The van der Waals surface area contributed by atoms with E-state index in [0.717, 1.165) is 22.3 Å². The van der Waals surface area contributed by atoms with Crippen LogP contribution in [0.1, 0.15) is 11.1 Å². The Morgan fingerprint density at radius 2 is 1.55 bits per heavy atom. The van der Waals surface area contributed by atoms with E-state index < -0.39 is 0 Å². The number of rotatable bonds is 3. The number of hydrogen-bond donors (Lipinski definition) is 0. The fourth-order valence-corrected chi connectivity index (χ4v) is 4.30. The molecule has 0 bridgehead atoms. The number of hydrogen-bond acceptors (Lipinski definition) is 4. The first-order chi connectivity index (χ1) is 14.2. The van der Waals surface area contributed by atoms with Gasteiger partial charge in [-0.25, -0.2) is 4.40 Å². The highest BCUT2D eigenvalue weighted by atomic mass is 32.1. The smallest absolute Gasteiger partial charge is 0.267 e. The third kappa shape index (κ3) is 3.26. The molecule has 0 amide bonds. The molecule has 2 aromatic heterocycles. The number of benzene rings is 3. The van der Waals surface area contributed by atoms with Crippen molar-refractivity contribution in [2.24, 2.45) is 0 Å². The summed E-state index contributed by atoms with van der Waals surface area (Å²) in [6.07, 6.45) is 1.91. The van der Waals surface area contributed by atoms with Gasteiger partial charge in [-0.05, 0) is 35.8 Å². The Balaban J connectivity index is 1.56. The zero-order chi connectivity index (χ0) is 19.8. The Bertz CT molecular complexity index is 1420. The lowest BCUT2D eigenvalue weighted by Gasteiger charge is -2.01. The highest BCUT2D eigenvalue weighted by Crippen LogP contribution is 2.20. The van der Waals surface area contributed by atoms with Crippen LogP contribution in [0.15, 0.2) is 83.7 Å². The second-order valence-corrected chi connectivity index (χ2v) is 7.92. The monoisotopic (exact) mass is 395 g/mol. The van der Waals surface area contributed by atoms with E-state index in [0.29, 0.717) is 15.3 Å². The SMILES string of the molecule is Cc1cccc(-c2nnc3s/c(=C\c4ccc(-c5ccccc5)cc4)c(=O)n23)c1. The van der Waals surface area contributed by atoms with Crippen LogP contribution in [0.3, 0.4) is 0 Å². The van der Waals surface area contributed by atoms with E-state index in [1.807, 2.05) is 67.6 Å². The predicted molar refractivity (Wildman–Crippen MR) is 118 cm³/mol. The Morgan fingerprint density at radius 3 is 2.31 bits per heavy atom. The van der Waals surface area contributed by atoms with Crippen LogP contribution >= 0.6 is 11.3 Å². The largest absolute Gasteiger partial charge is 0.276 e. The van der Waals surface area contributed by atoms with Gasteiger partial charge in [-0.2, -0.15) is 0 Å². The fourth-order valence-electron chi connectivity index (χ4n) is 3.39. The van der Waals surface area contributed by atoms with Crippen molar-refractivity contribution in [3.8, 4) is 22.5 Å². The number of nitrogens with zero attached hydrogens (tertiary/aromatic N) is 3. The second-order valence-electron chi connectivity index (χ2n) is 6.91. The van der Waals surface area contributed by atoms with Crippen molar-refractivity contribution >= 4 is 22.4 Å². The zero-order valence-corrected chi connectivity index (χ0v) is 16.6. The standard InChI is InChI=1S/C24H17N3OS/c1-16-6-5-9-20(14-16)22-25-26-24-27(22)23(28)21(29-24)15-17-10-12-19(13-11-17)18-7-3-2-4-8-18/h2-15H,1H3/b21-15-. The van der Waals surface area contributed by atoms with Crippen molar-refractivity contribution in [3.63, 3.8) is 0 Å².